The van der Waals surface area contributed by atoms with Gasteiger partial charge in [-0.2, -0.15) is 0 Å². The number of aliphatic carboxylic acids is 1. The first-order valence-electron chi connectivity index (χ1n) is 5.77. The first kappa shape index (κ1) is 14.9. The number of urea groups is 1. The summed E-state index contributed by atoms with van der Waals surface area (Å²) in [4.78, 5) is 22.4. The summed E-state index contributed by atoms with van der Waals surface area (Å²) in [5, 5.41) is 13.7. The largest absolute Gasteiger partial charge is 0.481 e. The maximum atomic E-state index is 13.3. The zero-order valence-electron chi connectivity index (χ0n) is 11.1. The molecular formula is C13H17FN2O3. The highest BCUT2D eigenvalue weighted by molar-refractivity contribution is 5.90. The van der Waals surface area contributed by atoms with Crippen LogP contribution in [-0.2, 0) is 4.79 Å². The number of hydrogen-bond donors (Lipinski definition) is 3. The van der Waals surface area contributed by atoms with Crippen molar-refractivity contribution in [1.29, 1.82) is 0 Å². The highest BCUT2D eigenvalue weighted by Gasteiger charge is 2.24. The Morgan fingerprint density at radius 2 is 2.00 bits per heavy atom. The first-order chi connectivity index (χ1) is 8.71. The van der Waals surface area contributed by atoms with Gasteiger partial charge < -0.3 is 15.7 Å². The van der Waals surface area contributed by atoms with Gasteiger partial charge in [0.15, 0.2) is 0 Å². The molecule has 1 aromatic rings. The molecule has 6 heteroatoms. The van der Waals surface area contributed by atoms with Gasteiger partial charge >= 0.3 is 12.0 Å². The number of rotatable bonds is 4. The predicted octanol–water partition coefficient (Wildman–Crippen LogP) is 2.51. The summed E-state index contributed by atoms with van der Waals surface area (Å²) in [6.07, 6.45) is -0.206. The van der Waals surface area contributed by atoms with Crippen LogP contribution in [0.2, 0.25) is 0 Å². The van der Waals surface area contributed by atoms with Crippen LogP contribution in [0.25, 0.3) is 0 Å². The van der Waals surface area contributed by atoms with Crippen LogP contribution in [0.4, 0.5) is 14.9 Å². The van der Waals surface area contributed by atoms with Crippen molar-refractivity contribution in [3.05, 3.63) is 29.6 Å². The molecule has 19 heavy (non-hydrogen) atoms. The van der Waals surface area contributed by atoms with Crippen molar-refractivity contribution >= 4 is 17.7 Å². The summed E-state index contributed by atoms with van der Waals surface area (Å²) in [7, 11) is 0. The molecule has 0 aromatic heterocycles. The lowest BCUT2D eigenvalue weighted by atomic mass is 10.0. The Morgan fingerprint density at radius 1 is 1.37 bits per heavy atom. The highest BCUT2D eigenvalue weighted by Crippen LogP contribution is 2.17. The van der Waals surface area contributed by atoms with Crippen molar-refractivity contribution in [2.45, 2.75) is 32.7 Å². The number of carbonyl (C=O) groups excluding carboxylic acids is 1. The average molecular weight is 268 g/mol. The van der Waals surface area contributed by atoms with Crippen molar-refractivity contribution in [1.82, 2.24) is 5.32 Å². The molecular weight excluding hydrogens is 251 g/mol. The van der Waals surface area contributed by atoms with Gasteiger partial charge in [-0.15, -0.1) is 0 Å². The van der Waals surface area contributed by atoms with E-state index < -0.39 is 23.4 Å². The molecule has 0 radical (unpaired) electrons. The van der Waals surface area contributed by atoms with Crippen LogP contribution in [0.3, 0.4) is 0 Å². The summed E-state index contributed by atoms with van der Waals surface area (Å²) >= 11 is 0. The van der Waals surface area contributed by atoms with Gasteiger partial charge in [0.05, 0.1) is 6.42 Å². The van der Waals surface area contributed by atoms with E-state index in [1.54, 1.807) is 26.8 Å². The van der Waals surface area contributed by atoms with Crippen LogP contribution in [-0.4, -0.2) is 22.6 Å². The Morgan fingerprint density at radius 3 is 2.58 bits per heavy atom. The van der Waals surface area contributed by atoms with E-state index in [4.69, 9.17) is 5.11 Å². The van der Waals surface area contributed by atoms with Gasteiger partial charge in [-0.05, 0) is 32.9 Å². The number of halogens is 1. The molecule has 5 nitrogen and oxygen atoms in total. The number of benzene rings is 1. The SMILES string of the molecule is Cc1c(F)cccc1NC(=O)NC(C)(C)CC(=O)O. The summed E-state index contributed by atoms with van der Waals surface area (Å²) < 4.78 is 13.3. The van der Waals surface area contributed by atoms with E-state index in [9.17, 15) is 14.0 Å². The molecule has 0 unspecified atom stereocenters. The molecule has 104 valence electrons. The number of hydrogen-bond acceptors (Lipinski definition) is 2. The first-order valence-corrected chi connectivity index (χ1v) is 5.77. The summed E-state index contributed by atoms with van der Waals surface area (Å²) in [5.74, 6) is -1.42. The van der Waals surface area contributed by atoms with Gasteiger partial charge in [0, 0.05) is 16.8 Å². The van der Waals surface area contributed by atoms with Crippen LogP contribution in [0.5, 0.6) is 0 Å². The minimum atomic E-state index is -1.01. The standard InChI is InChI=1S/C13H17FN2O3/c1-8-9(14)5-4-6-10(8)15-12(19)16-13(2,3)7-11(17)18/h4-6H,7H2,1-3H3,(H,17,18)(H2,15,16,19). The van der Waals surface area contributed by atoms with Crippen molar-refractivity contribution in [2.75, 3.05) is 5.32 Å². The number of carboxylic acids is 1. The molecule has 0 heterocycles. The van der Waals surface area contributed by atoms with Crippen LogP contribution in [0.1, 0.15) is 25.8 Å². The Hall–Kier alpha value is -2.11. The Bertz CT molecular complexity index is 501. The lowest BCUT2D eigenvalue weighted by Crippen LogP contribution is -2.46. The third-order valence-electron chi connectivity index (χ3n) is 2.56. The van der Waals surface area contributed by atoms with Crippen molar-refractivity contribution in [2.24, 2.45) is 0 Å². The minimum absolute atomic E-state index is 0.206. The Labute approximate surface area is 110 Å². The van der Waals surface area contributed by atoms with Crippen LogP contribution in [0.15, 0.2) is 18.2 Å². The molecule has 1 rings (SSSR count). The number of carbonyl (C=O) groups is 2. The van der Waals surface area contributed by atoms with Crippen LogP contribution < -0.4 is 10.6 Å². The predicted molar refractivity (Wildman–Crippen MR) is 69.6 cm³/mol. The number of nitrogens with one attached hydrogen (secondary N) is 2. The maximum Gasteiger partial charge on any atom is 0.319 e. The van der Waals surface area contributed by atoms with E-state index in [1.807, 2.05) is 0 Å². The second-order valence-electron chi connectivity index (χ2n) is 4.95. The monoisotopic (exact) mass is 268 g/mol. The zero-order valence-corrected chi connectivity index (χ0v) is 11.1. The fourth-order valence-corrected chi connectivity index (χ4v) is 1.63. The van der Waals surface area contributed by atoms with Crippen molar-refractivity contribution < 1.29 is 19.1 Å². The molecule has 2 amide bonds. The fourth-order valence-electron chi connectivity index (χ4n) is 1.63. The van der Waals surface area contributed by atoms with E-state index in [-0.39, 0.29) is 6.42 Å². The molecule has 0 aliphatic carbocycles. The normalized spacial score (nSPS) is 10.9. The molecule has 0 saturated carbocycles. The van der Waals surface area contributed by atoms with Gasteiger partial charge in [-0.1, -0.05) is 6.07 Å². The fraction of sp³-hybridized carbons (Fsp3) is 0.385. The van der Waals surface area contributed by atoms with Crippen molar-refractivity contribution in [3.8, 4) is 0 Å². The van der Waals surface area contributed by atoms with Gasteiger partial charge in [-0.3, -0.25) is 4.79 Å². The molecule has 0 bridgehead atoms. The lowest BCUT2D eigenvalue weighted by molar-refractivity contribution is -0.138. The molecule has 3 N–H and O–H groups in total. The van der Waals surface area contributed by atoms with Gasteiger partial charge in [0.25, 0.3) is 0 Å². The third-order valence-corrected chi connectivity index (χ3v) is 2.56. The molecule has 0 fully saturated rings. The third kappa shape index (κ3) is 4.57. The number of amides is 2. The second-order valence-corrected chi connectivity index (χ2v) is 4.95. The maximum absolute atomic E-state index is 13.3. The molecule has 0 aliphatic rings. The lowest BCUT2D eigenvalue weighted by Gasteiger charge is -2.24. The number of carboxylic acid groups (broad SMARTS) is 1. The number of anilines is 1. The molecule has 0 spiro atoms. The van der Waals surface area contributed by atoms with Gasteiger partial charge in [-0.25, -0.2) is 9.18 Å². The summed E-state index contributed by atoms with van der Waals surface area (Å²) in [5.41, 5.74) is -0.214. The van der Waals surface area contributed by atoms with E-state index >= 15 is 0 Å². The molecule has 0 atom stereocenters. The smallest absolute Gasteiger partial charge is 0.319 e. The van der Waals surface area contributed by atoms with E-state index in [2.05, 4.69) is 10.6 Å². The van der Waals surface area contributed by atoms with Gasteiger partial charge in [0.1, 0.15) is 5.82 Å². The molecule has 0 aliphatic heterocycles. The van der Waals surface area contributed by atoms with Gasteiger partial charge in [0.2, 0.25) is 0 Å². The van der Waals surface area contributed by atoms with E-state index in [0.29, 0.717) is 11.3 Å². The summed E-state index contributed by atoms with van der Waals surface area (Å²) in [6.45, 7) is 4.74. The molecule has 0 saturated heterocycles. The zero-order chi connectivity index (χ0) is 14.6. The van der Waals surface area contributed by atoms with Crippen molar-refractivity contribution in [3.63, 3.8) is 0 Å². The van der Waals surface area contributed by atoms with Crippen LogP contribution >= 0.6 is 0 Å². The highest BCUT2D eigenvalue weighted by atomic mass is 19.1. The quantitative estimate of drug-likeness (QED) is 0.785. The second kappa shape index (κ2) is 5.69. The van der Waals surface area contributed by atoms with E-state index in [0.717, 1.165) is 0 Å². The minimum Gasteiger partial charge on any atom is -0.481 e. The topological polar surface area (TPSA) is 78.4 Å². The Kier molecular flexibility index (Phi) is 4.47. The summed E-state index contributed by atoms with van der Waals surface area (Å²) in [6, 6.07) is 3.79. The van der Waals surface area contributed by atoms with Crippen LogP contribution in [0, 0.1) is 12.7 Å². The Balaban J connectivity index is 2.70. The molecule has 1 aromatic carbocycles. The van der Waals surface area contributed by atoms with E-state index in [1.165, 1.54) is 12.1 Å². The average Bonchev–Trinajstić information content (AvgIpc) is 2.21.